The van der Waals surface area contributed by atoms with Gasteiger partial charge in [-0.05, 0) is 11.5 Å². The molecule has 1 aromatic rings. The third-order valence-electron chi connectivity index (χ3n) is 2.22. The molecule has 0 heterocycles. The summed E-state index contributed by atoms with van der Waals surface area (Å²) in [5.74, 6) is 0.185. The van der Waals surface area contributed by atoms with Crippen molar-refractivity contribution in [3.63, 3.8) is 0 Å². The Hall–Kier alpha value is -1.55. The molecule has 1 unspecified atom stereocenters. The van der Waals surface area contributed by atoms with E-state index in [-0.39, 0.29) is 18.7 Å². The van der Waals surface area contributed by atoms with E-state index in [1.165, 1.54) is 0 Å². The second kappa shape index (κ2) is 6.12. The molecule has 0 aliphatic rings. The van der Waals surface area contributed by atoms with E-state index < -0.39 is 6.09 Å². The van der Waals surface area contributed by atoms with Crippen LogP contribution in [0.15, 0.2) is 30.3 Å². The van der Waals surface area contributed by atoms with E-state index in [9.17, 15) is 4.79 Å². The smallest absolute Gasteiger partial charge is 0.408 e. The Labute approximate surface area is 95.8 Å². The quantitative estimate of drug-likeness (QED) is 0.764. The van der Waals surface area contributed by atoms with Crippen LogP contribution in [0.1, 0.15) is 19.4 Å². The van der Waals surface area contributed by atoms with Gasteiger partial charge in [0.2, 0.25) is 0 Å². The van der Waals surface area contributed by atoms with E-state index >= 15 is 0 Å². The summed E-state index contributed by atoms with van der Waals surface area (Å²) < 4.78 is 5.02. The zero-order chi connectivity index (χ0) is 12.0. The number of benzene rings is 1. The largest absolute Gasteiger partial charge is 0.445 e. The zero-order valence-electron chi connectivity index (χ0n) is 9.64. The molecular weight excluding hydrogens is 204 g/mol. The normalized spacial score (nSPS) is 12.2. The fourth-order valence-corrected chi connectivity index (χ4v) is 1.07. The maximum Gasteiger partial charge on any atom is 0.408 e. The molecule has 0 bridgehead atoms. The highest BCUT2D eigenvalue weighted by atomic mass is 16.5. The standard InChI is InChI=1S/C12H18N2O2/c1-9(2)11(13)14-12(15)16-8-10-6-4-3-5-7-10/h3-7,9,11H,8,13H2,1-2H3,(H,14,15). The minimum absolute atomic E-state index is 0.185. The molecule has 0 saturated carbocycles. The van der Waals surface area contributed by atoms with E-state index in [4.69, 9.17) is 10.5 Å². The van der Waals surface area contributed by atoms with Gasteiger partial charge in [-0.15, -0.1) is 0 Å². The number of alkyl carbamates (subject to hydrolysis) is 1. The molecule has 0 saturated heterocycles. The number of hydrogen-bond acceptors (Lipinski definition) is 3. The molecule has 1 aromatic carbocycles. The molecule has 0 aliphatic heterocycles. The number of carbonyl (C=O) groups is 1. The Kier molecular flexibility index (Phi) is 4.79. The van der Waals surface area contributed by atoms with Gasteiger partial charge in [0.1, 0.15) is 6.61 Å². The fraction of sp³-hybridized carbons (Fsp3) is 0.417. The second-order valence-corrected chi connectivity index (χ2v) is 3.98. The molecule has 4 nitrogen and oxygen atoms in total. The Bertz CT molecular complexity index is 325. The highest BCUT2D eigenvalue weighted by Gasteiger charge is 2.11. The summed E-state index contributed by atoms with van der Waals surface area (Å²) >= 11 is 0. The number of ether oxygens (including phenoxy) is 1. The maximum absolute atomic E-state index is 11.3. The van der Waals surface area contributed by atoms with Gasteiger partial charge in [0, 0.05) is 0 Å². The first-order valence-corrected chi connectivity index (χ1v) is 5.32. The lowest BCUT2D eigenvalue weighted by Crippen LogP contribution is -2.45. The van der Waals surface area contributed by atoms with Gasteiger partial charge in [-0.1, -0.05) is 44.2 Å². The van der Waals surface area contributed by atoms with Crippen LogP contribution in [0, 0.1) is 5.92 Å². The minimum atomic E-state index is -0.481. The molecular formula is C12H18N2O2. The van der Waals surface area contributed by atoms with Crippen LogP contribution in [-0.2, 0) is 11.3 Å². The molecule has 0 aromatic heterocycles. The van der Waals surface area contributed by atoms with Gasteiger partial charge in [-0.2, -0.15) is 0 Å². The lowest BCUT2D eigenvalue weighted by molar-refractivity contribution is 0.133. The van der Waals surface area contributed by atoms with Gasteiger partial charge in [0.15, 0.2) is 0 Å². The Balaban J connectivity index is 2.31. The van der Waals surface area contributed by atoms with Crippen molar-refractivity contribution in [2.24, 2.45) is 11.7 Å². The topological polar surface area (TPSA) is 64.3 Å². The van der Waals surface area contributed by atoms with E-state index in [0.717, 1.165) is 5.56 Å². The van der Waals surface area contributed by atoms with Crippen molar-refractivity contribution in [2.75, 3.05) is 0 Å². The summed E-state index contributed by atoms with van der Waals surface area (Å²) in [6.07, 6.45) is -0.853. The Morgan fingerprint density at radius 3 is 2.56 bits per heavy atom. The number of hydrogen-bond donors (Lipinski definition) is 2. The van der Waals surface area contributed by atoms with Crippen molar-refractivity contribution in [1.82, 2.24) is 5.32 Å². The molecule has 4 heteroatoms. The van der Waals surface area contributed by atoms with E-state index in [1.807, 2.05) is 44.2 Å². The molecule has 1 atom stereocenters. The molecule has 1 amide bonds. The van der Waals surface area contributed by atoms with E-state index in [2.05, 4.69) is 5.32 Å². The summed E-state index contributed by atoms with van der Waals surface area (Å²) in [5, 5.41) is 2.57. The van der Waals surface area contributed by atoms with Crippen LogP contribution >= 0.6 is 0 Å². The van der Waals surface area contributed by atoms with E-state index in [1.54, 1.807) is 0 Å². The van der Waals surface area contributed by atoms with Crippen molar-refractivity contribution in [2.45, 2.75) is 26.6 Å². The Morgan fingerprint density at radius 1 is 1.38 bits per heavy atom. The van der Waals surface area contributed by atoms with Crippen molar-refractivity contribution in [3.8, 4) is 0 Å². The Morgan fingerprint density at radius 2 is 2.00 bits per heavy atom. The van der Waals surface area contributed by atoms with Gasteiger partial charge in [0.25, 0.3) is 0 Å². The highest BCUT2D eigenvalue weighted by molar-refractivity contribution is 5.67. The SMILES string of the molecule is CC(C)C(N)NC(=O)OCc1ccccc1. The van der Waals surface area contributed by atoms with Gasteiger partial charge in [-0.3, -0.25) is 0 Å². The van der Waals surface area contributed by atoms with Gasteiger partial charge in [0.05, 0.1) is 6.17 Å². The molecule has 88 valence electrons. The summed E-state index contributed by atoms with van der Waals surface area (Å²) in [4.78, 5) is 11.3. The predicted octanol–water partition coefficient (Wildman–Crippen LogP) is 1.85. The van der Waals surface area contributed by atoms with E-state index in [0.29, 0.717) is 0 Å². The maximum atomic E-state index is 11.3. The first-order chi connectivity index (χ1) is 7.59. The number of nitrogens with two attached hydrogens (primary N) is 1. The number of rotatable bonds is 4. The number of amides is 1. The summed E-state index contributed by atoms with van der Waals surface area (Å²) in [6.45, 7) is 4.13. The molecule has 1 rings (SSSR count). The average Bonchev–Trinajstić information content (AvgIpc) is 2.27. The molecule has 3 N–H and O–H groups in total. The van der Waals surface area contributed by atoms with Crippen LogP contribution < -0.4 is 11.1 Å². The van der Waals surface area contributed by atoms with Gasteiger partial charge < -0.3 is 15.8 Å². The van der Waals surface area contributed by atoms with Crippen LogP contribution in [0.5, 0.6) is 0 Å². The second-order valence-electron chi connectivity index (χ2n) is 3.98. The average molecular weight is 222 g/mol. The van der Waals surface area contributed by atoms with Crippen LogP contribution in [0.4, 0.5) is 4.79 Å². The molecule has 0 fully saturated rings. The minimum Gasteiger partial charge on any atom is -0.445 e. The van der Waals surface area contributed by atoms with Crippen LogP contribution in [0.25, 0.3) is 0 Å². The van der Waals surface area contributed by atoms with Crippen molar-refractivity contribution < 1.29 is 9.53 Å². The monoisotopic (exact) mass is 222 g/mol. The summed E-state index contributed by atoms with van der Waals surface area (Å²) in [5.41, 5.74) is 6.63. The molecule has 16 heavy (non-hydrogen) atoms. The first-order valence-electron chi connectivity index (χ1n) is 5.32. The van der Waals surface area contributed by atoms with Crippen LogP contribution in [0.3, 0.4) is 0 Å². The predicted molar refractivity (Wildman–Crippen MR) is 62.6 cm³/mol. The molecule has 0 radical (unpaired) electrons. The number of nitrogens with one attached hydrogen (secondary N) is 1. The van der Waals surface area contributed by atoms with Crippen molar-refractivity contribution in [3.05, 3.63) is 35.9 Å². The third-order valence-corrected chi connectivity index (χ3v) is 2.22. The molecule has 0 aliphatic carbocycles. The van der Waals surface area contributed by atoms with Crippen LogP contribution in [-0.4, -0.2) is 12.3 Å². The highest BCUT2D eigenvalue weighted by Crippen LogP contribution is 2.01. The van der Waals surface area contributed by atoms with Crippen molar-refractivity contribution >= 4 is 6.09 Å². The van der Waals surface area contributed by atoms with Gasteiger partial charge >= 0.3 is 6.09 Å². The van der Waals surface area contributed by atoms with Gasteiger partial charge in [-0.25, -0.2) is 4.79 Å². The number of carbonyl (C=O) groups excluding carboxylic acids is 1. The van der Waals surface area contributed by atoms with Crippen molar-refractivity contribution in [1.29, 1.82) is 0 Å². The van der Waals surface area contributed by atoms with Crippen LogP contribution in [0.2, 0.25) is 0 Å². The zero-order valence-corrected chi connectivity index (χ0v) is 9.64. The summed E-state index contributed by atoms with van der Waals surface area (Å²) in [6, 6.07) is 9.51. The third kappa shape index (κ3) is 4.31. The molecule has 0 spiro atoms. The fourth-order valence-electron chi connectivity index (χ4n) is 1.07. The first kappa shape index (κ1) is 12.5. The summed E-state index contributed by atoms with van der Waals surface area (Å²) in [7, 11) is 0. The lowest BCUT2D eigenvalue weighted by atomic mass is 10.2. The lowest BCUT2D eigenvalue weighted by Gasteiger charge is -2.16.